The smallest absolute Gasteiger partial charge is 0.0914 e. The van der Waals surface area contributed by atoms with Crippen LogP contribution in [0.15, 0.2) is 35.7 Å². The quantitative estimate of drug-likeness (QED) is 0.853. The summed E-state index contributed by atoms with van der Waals surface area (Å²) < 4.78 is 0. The first kappa shape index (κ1) is 12.2. The molecule has 2 rings (SSSR count). The maximum atomic E-state index is 9.92. The minimum Gasteiger partial charge on any atom is -0.387 e. The second-order valence-electron chi connectivity index (χ2n) is 3.92. The molecule has 0 saturated carbocycles. The Hall–Kier alpha value is -1.23. The lowest BCUT2D eigenvalue weighted by Gasteiger charge is -2.11. The van der Waals surface area contributed by atoms with Crippen molar-refractivity contribution >= 4 is 11.3 Å². The van der Waals surface area contributed by atoms with Crippen molar-refractivity contribution in [3.05, 3.63) is 52.0 Å². The normalized spacial score (nSPS) is 12.6. The third kappa shape index (κ3) is 3.63. The zero-order chi connectivity index (χ0) is 12.1. The number of nitrogens with one attached hydrogen (secondary N) is 1. The number of benzene rings is 1. The summed E-state index contributed by atoms with van der Waals surface area (Å²) in [6, 6.07) is 9.67. The molecule has 90 valence electrons. The summed E-state index contributed by atoms with van der Waals surface area (Å²) in [6.07, 6.45) is -0.462. The first-order chi connectivity index (χ1) is 8.25. The van der Waals surface area contributed by atoms with Crippen LogP contribution in [0.3, 0.4) is 0 Å². The van der Waals surface area contributed by atoms with Gasteiger partial charge in [-0.15, -0.1) is 11.3 Å². The van der Waals surface area contributed by atoms with Gasteiger partial charge >= 0.3 is 0 Å². The van der Waals surface area contributed by atoms with Crippen molar-refractivity contribution < 1.29 is 5.11 Å². The number of aliphatic hydroxyl groups excluding tert-OH is 1. The van der Waals surface area contributed by atoms with Crippen molar-refractivity contribution in [3.63, 3.8) is 0 Å². The van der Waals surface area contributed by atoms with Gasteiger partial charge in [-0.3, -0.25) is 0 Å². The summed E-state index contributed by atoms with van der Waals surface area (Å²) in [5.74, 6) is 0. The fraction of sp³-hybridized carbons (Fsp3) is 0.308. The number of rotatable bonds is 5. The number of aromatic nitrogens is 1. The highest BCUT2D eigenvalue weighted by atomic mass is 32.1. The molecule has 17 heavy (non-hydrogen) atoms. The Morgan fingerprint density at radius 2 is 2.12 bits per heavy atom. The average molecular weight is 248 g/mol. The van der Waals surface area contributed by atoms with Gasteiger partial charge in [-0.25, -0.2) is 4.98 Å². The lowest BCUT2D eigenvalue weighted by Crippen LogP contribution is -2.21. The van der Waals surface area contributed by atoms with Crippen molar-refractivity contribution in [1.82, 2.24) is 10.3 Å². The molecule has 1 aromatic heterocycles. The third-order valence-corrected chi connectivity index (χ3v) is 3.32. The molecule has 3 nitrogen and oxygen atoms in total. The van der Waals surface area contributed by atoms with Crippen LogP contribution in [0.5, 0.6) is 0 Å². The van der Waals surface area contributed by atoms with Gasteiger partial charge in [0, 0.05) is 18.5 Å². The van der Waals surface area contributed by atoms with E-state index < -0.39 is 6.10 Å². The Kier molecular flexibility index (Phi) is 4.25. The van der Waals surface area contributed by atoms with Crippen LogP contribution < -0.4 is 5.32 Å². The van der Waals surface area contributed by atoms with E-state index in [9.17, 15) is 5.11 Å². The van der Waals surface area contributed by atoms with Crippen LogP contribution >= 0.6 is 11.3 Å². The van der Waals surface area contributed by atoms with Gasteiger partial charge in [0.1, 0.15) is 0 Å². The summed E-state index contributed by atoms with van der Waals surface area (Å²) in [5.41, 5.74) is 1.97. The van der Waals surface area contributed by atoms with Gasteiger partial charge < -0.3 is 10.4 Å². The lowest BCUT2D eigenvalue weighted by molar-refractivity contribution is 0.174. The fourth-order valence-corrected chi connectivity index (χ4v) is 2.23. The summed E-state index contributed by atoms with van der Waals surface area (Å²) in [6.45, 7) is 3.24. The van der Waals surface area contributed by atoms with E-state index in [1.807, 2.05) is 42.6 Å². The Balaban J connectivity index is 1.79. The van der Waals surface area contributed by atoms with Crippen molar-refractivity contribution in [2.45, 2.75) is 19.6 Å². The number of aliphatic hydroxyl groups is 1. The number of nitrogens with zero attached hydrogens (tertiary/aromatic N) is 1. The zero-order valence-electron chi connectivity index (χ0n) is 9.76. The van der Waals surface area contributed by atoms with Gasteiger partial charge in [-0.05, 0) is 12.5 Å². The molecule has 4 heteroatoms. The van der Waals surface area contributed by atoms with Crippen molar-refractivity contribution in [2.24, 2.45) is 0 Å². The molecule has 0 aliphatic rings. The largest absolute Gasteiger partial charge is 0.387 e. The summed E-state index contributed by atoms with van der Waals surface area (Å²) in [4.78, 5) is 4.35. The number of hydrogen-bond acceptors (Lipinski definition) is 4. The molecule has 0 radical (unpaired) electrons. The molecule has 2 N–H and O–H groups in total. The van der Waals surface area contributed by atoms with Crippen molar-refractivity contribution in [2.75, 3.05) is 6.54 Å². The van der Waals surface area contributed by atoms with Gasteiger partial charge in [-0.2, -0.15) is 0 Å². The van der Waals surface area contributed by atoms with Gasteiger partial charge in [-0.1, -0.05) is 30.3 Å². The monoisotopic (exact) mass is 248 g/mol. The standard InChI is InChI=1S/C13H16N2OS/c1-10-15-12(9-17-10)7-14-8-13(16)11-5-3-2-4-6-11/h2-6,9,13-14,16H,7-8H2,1H3. The zero-order valence-corrected chi connectivity index (χ0v) is 10.6. The predicted octanol–water partition coefficient (Wildman–Crippen LogP) is 2.27. The van der Waals surface area contributed by atoms with Gasteiger partial charge in [0.05, 0.1) is 16.8 Å². The Morgan fingerprint density at radius 3 is 2.76 bits per heavy atom. The van der Waals surface area contributed by atoms with Crippen molar-refractivity contribution in [3.8, 4) is 0 Å². The highest BCUT2D eigenvalue weighted by molar-refractivity contribution is 7.09. The molecule has 2 aromatic rings. The molecule has 1 atom stereocenters. The predicted molar refractivity (Wildman–Crippen MR) is 70.0 cm³/mol. The molecule has 0 spiro atoms. The molecule has 1 aromatic carbocycles. The van der Waals surface area contributed by atoms with E-state index in [0.29, 0.717) is 13.1 Å². The van der Waals surface area contributed by atoms with Crippen LogP contribution in [0, 0.1) is 6.92 Å². The van der Waals surface area contributed by atoms with E-state index in [-0.39, 0.29) is 0 Å². The summed E-state index contributed by atoms with van der Waals surface area (Å²) in [5, 5.41) is 16.2. The molecule has 1 heterocycles. The van der Waals surface area contributed by atoms with Gasteiger partial charge in [0.25, 0.3) is 0 Å². The molecule has 0 amide bonds. The maximum absolute atomic E-state index is 9.92. The molecular formula is C13H16N2OS. The van der Waals surface area contributed by atoms with Crippen LogP contribution in [0.25, 0.3) is 0 Å². The van der Waals surface area contributed by atoms with Gasteiger partial charge in [0.15, 0.2) is 0 Å². The highest BCUT2D eigenvalue weighted by Crippen LogP contribution is 2.11. The van der Waals surface area contributed by atoms with Crippen molar-refractivity contribution in [1.29, 1.82) is 0 Å². The SMILES string of the molecule is Cc1nc(CNCC(O)c2ccccc2)cs1. The molecule has 0 aliphatic heterocycles. The van der Waals surface area contributed by atoms with Crippen LogP contribution in [0.2, 0.25) is 0 Å². The van der Waals surface area contributed by atoms with E-state index in [0.717, 1.165) is 16.3 Å². The number of aryl methyl sites for hydroxylation is 1. The minimum absolute atomic E-state index is 0.462. The number of hydrogen-bond donors (Lipinski definition) is 2. The van der Waals surface area contributed by atoms with Crippen LogP contribution in [0.1, 0.15) is 22.4 Å². The van der Waals surface area contributed by atoms with Crippen LogP contribution in [0.4, 0.5) is 0 Å². The highest BCUT2D eigenvalue weighted by Gasteiger charge is 2.06. The molecule has 0 aliphatic carbocycles. The molecule has 0 saturated heterocycles. The summed E-state index contributed by atoms with van der Waals surface area (Å²) >= 11 is 1.65. The Bertz CT molecular complexity index is 455. The molecule has 1 unspecified atom stereocenters. The Labute approximate surface area is 105 Å². The van der Waals surface area contributed by atoms with Crippen LogP contribution in [-0.4, -0.2) is 16.6 Å². The van der Waals surface area contributed by atoms with E-state index in [1.165, 1.54) is 0 Å². The second kappa shape index (κ2) is 5.91. The van der Waals surface area contributed by atoms with Gasteiger partial charge in [0.2, 0.25) is 0 Å². The minimum atomic E-state index is -0.462. The topological polar surface area (TPSA) is 45.2 Å². The first-order valence-electron chi connectivity index (χ1n) is 5.60. The van der Waals surface area contributed by atoms with E-state index >= 15 is 0 Å². The molecule has 0 bridgehead atoms. The van der Waals surface area contributed by atoms with E-state index in [2.05, 4.69) is 10.3 Å². The fourth-order valence-electron chi connectivity index (χ4n) is 1.62. The van der Waals surface area contributed by atoms with E-state index in [1.54, 1.807) is 11.3 Å². The first-order valence-corrected chi connectivity index (χ1v) is 6.48. The molecular weight excluding hydrogens is 232 g/mol. The van der Waals surface area contributed by atoms with Crippen LogP contribution in [-0.2, 0) is 6.54 Å². The average Bonchev–Trinajstić information content (AvgIpc) is 2.76. The number of thiazole rings is 1. The maximum Gasteiger partial charge on any atom is 0.0914 e. The summed E-state index contributed by atoms with van der Waals surface area (Å²) in [7, 11) is 0. The van der Waals surface area contributed by atoms with E-state index in [4.69, 9.17) is 0 Å². The molecule has 0 fully saturated rings. The third-order valence-electron chi connectivity index (χ3n) is 2.49. The Morgan fingerprint density at radius 1 is 1.35 bits per heavy atom. The second-order valence-corrected chi connectivity index (χ2v) is 4.98. The lowest BCUT2D eigenvalue weighted by atomic mass is 10.1.